The number of para-hydroxylation sites is 2. The molecule has 0 saturated heterocycles. The Kier molecular flexibility index (Phi) is 7.32. The Morgan fingerprint density at radius 1 is 1.06 bits per heavy atom. The van der Waals surface area contributed by atoms with Gasteiger partial charge in [0, 0.05) is 0 Å². The molecule has 3 aromatic rings. The number of ketones is 1. The second-order valence-corrected chi connectivity index (χ2v) is 9.15. The Labute approximate surface area is 203 Å². The third-order valence-corrected chi connectivity index (χ3v) is 6.65. The number of nitrogens with zero attached hydrogens (tertiary/aromatic N) is 1. The lowest BCUT2D eigenvalue weighted by atomic mass is 9.80. The quantitative estimate of drug-likeness (QED) is 0.437. The van der Waals surface area contributed by atoms with Crippen LogP contribution in [0.1, 0.15) is 72.9 Å². The van der Waals surface area contributed by atoms with E-state index in [1.807, 2.05) is 19.1 Å². The summed E-state index contributed by atoms with van der Waals surface area (Å²) in [6.07, 6.45) is 4.67. The molecule has 178 valence electrons. The summed E-state index contributed by atoms with van der Waals surface area (Å²) in [7, 11) is 0. The van der Waals surface area contributed by atoms with Crippen molar-refractivity contribution in [2.24, 2.45) is 0 Å². The first-order chi connectivity index (χ1) is 16.4. The lowest BCUT2D eigenvalue weighted by Crippen LogP contribution is -2.62. The number of amides is 2. The molecule has 2 aromatic carbocycles. The summed E-state index contributed by atoms with van der Waals surface area (Å²) < 4.78 is 5.65. The monoisotopic (exact) mass is 481 g/mol. The maximum absolute atomic E-state index is 13.6. The largest absolute Gasteiger partial charge is 0.434 e. The zero-order valence-electron chi connectivity index (χ0n) is 19.1. The first-order valence-corrected chi connectivity index (χ1v) is 12.1. The Bertz CT molecular complexity index is 1170. The maximum Gasteiger partial charge on any atom is 0.266 e. The predicted octanol–water partition coefficient (Wildman–Crippen LogP) is 5.08. The Balaban J connectivity index is 1.56. The van der Waals surface area contributed by atoms with Crippen molar-refractivity contribution >= 4 is 40.3 Å². The summed E-state index contributed by atoms with van der Waals surface area (Å²) in [6.45, 7) is 1.94. The highest BCUT2D eigenvalue weighted by Crippen LogP contribution is 2.30. The van der Waals surface area contributed by atoms with Crippen LogP contribution in [0.4, 0.5) is 0 Å². The van der Waals surface area contributed by atoms with Crippen LogP contribution in [0.25, 0.3) is 11.1 Å². The van der Waals surface area contributed by atoms with Crippen molar-refractivity contribution in [3.63, 3.8) is 0 Å². The number of oxazole rings is 1. The molecule has 8 heteroatoms. The maximum atomic E-state index is 13.6. The number of rotatable bonds is 8. The van der Waals surface area contributed by atoms with Crippen LogP contribution in [-0.4, -0.2) is 34.2 Å². The fourth-order valence-corrected chi connectivity index (χ4v) is 4.70. The van der Waals surface area contributed by atoms with E-state index >= 15 is 0 Å². The molecule has 2 amide bonds. The summed E-state index contributed by atoms with van der Waals surface area (Å²) in [5.74, 6) is -1.18. The smallest absolute Gasteiger partial charge is 0.266 e. The normalized spacial score (nSPS) is 16.1. The summed E-state index contributed by atoms with van der Waals surface area (Å²) in [5, 5.41) is 6.18. The molecular weight excluding hydrogens is 454 g/mol. The molecule has 0 spiro atoms. The van der Waals surface area contributed by atoms with Crippen molar-refractivity contribution in [2.75, 3.05) is 0 Å². The van der Waals surface area contributed by atoms with Crippen LogP contribution < -0.4 is 10.6 Å². The Morgan fingerprint density at radius 2 is 1.76 bits per heavy atom. The molecule has 0 unspecified atom stereocenters. The number of Topliss-reactive ketones (excluding diaryl/α,β-unsaturated/α-hetero) is 1. The minimum Gasteiger partial charge on any atom is -0.434 e. The molecule has 1 aliphatic rings. The minimum atomic E-state index is -1.11. The highest BCUT2D eigenvalue weighted by atomic mass is 35.5. The molecule has 0 aliphatic heterocycles. The lowest BCUT2D eigenvalue weighted by molar-refractivity contribution is -0.129. The van der Waals surface area contributed by atoms with Crippen LogP contribution >= 0.6 is 11.6 Å². The highest BCUT2D eigenvalue weighted by Gasteiger charge is 2.43. The highest BCUT2D eigenvalue weighted by molar-refractivity contribution is 6.33. The fraction of sp³-hybridized carbons (Fsp3) is 0.385. The van der Waals surface area contributed by atoms with Crippen LogP contribution in [-0.2, 0) is 4.79 Å². The number of aromatic nitrogens is 1. The van der Waals surface area contributed by atoms with Gasteiger partial charge in [-0.3, -0.25) is 14.4 Å². The Morgan fingerprint density at radius 3 is 2.47 bits per heavy atom. The van der Waals surface area contributed by atoms with E-state index in [1.54, 1.807) is 36.4 Å². The second-order valence-electron chi connectivity index (χ2n) is 8.74. The van der Waals surface area contributed by atoms with Crippen LogP contribution in [0, 0.1) is 0 Å². The first kappa shape index (κ1) is 24.0. The van der Waals surface area contributed by atoms with Crippen LogP contribution in [0.2, 0.25) is 5.02 Å². The number of hydrogen-bond donors (Lipinski definition) is 2. The molecule has 1 heterocycles. The molecule has 1 atom stereocenters. The molecule has 0 bridgehead atoms. The van der Waals surface area contributed by atoms with E-state index < -0.39 is 17.5 Å². The fourth-order valence-electron chi connectivity index (χ4n) is 4.47. The van der Waals surface area contributed by atoms with Crippen LogP contribution in [0.5, 0.6) is 0 Å². The van der Waals surface area contributed by atoms with Crippen LogP contribution in [0.15, 0.2) is 52.9 Å². The van der Waals surface area contributed by atoms with Gasteiger partial charge < -0.3 is 15.1 Å². The van der Waals surface area contributed by atoms with E-state index in [2.05, 4.69) is 15.6 Å². The standard InChI is InChI=1S/C26H28ClN3O4/c1-2-10-20(22(31)24-28-19-13-6-7-14-21(19)34-24)29-25(33)26(15-8-3-9-16-26)30-23(32)17-11-4-5-12-18(17)27/h4-7,11-14,20H,2-3,8-10,15-16H2,1H3,(H,29,33)(H,30,32)/t20-/m0/s1. The van der Waals surface area contributed by atoms with Crippen molar-refractivity contribution in [1.82, 2.24) is 15.6 Å². The molecule has 1 aliphatic carbocycles. The van der Waals surface area contributed by atoms with Crippen molar-refractivity contribution in [3.05, 3.63) is 65.0 Å². The molecule has 34 heavy (non-hydrogen) atoms. The Hall–Kier alpha value is -3.19. The summed E-state index contributed by atoms with van der Waals surface area (Å²) in [5.41, 5.74) is 0.308. The molecule has 1 fully saturated rings. The molecule has 7 nitrogen and oxygen atoms in total. The first-order valence-electron chi connectivity index (χ1n) is 11.7. The van der Waals surface area contributed by atoms with Gasteiger partial charge in [0.2, 0.25) is 11.7 Å². The van der Waals surface area contributed by atoms with E-state index in [1.165, 1.54) is 0 Å². The topological polar surface area (TPSA) is 101 Å². The lowest BCUT2D eigenvalue weighted by Gasteiger charge is -2.37. The molecule has 0 radical (unpaired) electrons. The number of carbonyl (C=O) groups is 3. The van der Waals surface area contributed by atoms with Gasteiger partial charge in [-0.05, 0) is 43.5 Å². The molecule has 1 saturated carbocycles. The molecule has 2 N–H and O–H groups in total. The number of benzene rings is 2. The van der Waals surface area contributed by atoms with Gasteiger partial charge in [-0.25, -0.2) is 4.98 Å². The zero-order valence-corrected chi connectivity index (χ0v) is 19.9. The van der Waals surface area contributed by atoms with E-state index in [0.717, 1.165) is 19.3 Å². The van der Waals surface area contributed by atoms with Gasteiger partial charge in [0.15, 0.2) is 5.58 Å². The minimum absolute atomic E-state index is 0.0299. The number of hydrogen-bond acceptors (Lipinski definition) is 5. The third-order valence-electron chi connectivity index (χ3n) is 6.32. The SMILES string of the molecule is CCC[C@H](NC(=O)C1(NC(=O)c2ccccc2Cl)CCCCC1)C(=O)c1nc2ccccc2o1. The van der Waals surface area contributed by atoms with E-state index in [0.29, 0.717) is 47.4 Å². The van der Waals surface area contributed by atoms with Gasteiger partial charge >= 0.3 is 0 Å². The van der Waals surface area contributed by atoms with E-state index in [4.69, 9.17) is 16.0 Å². The van der Waals surface area contributed by atoms with Gasteiger partial charge in [0.25, 0.3) is 11.8 Å². The number of nitrogens with one attached hydrogen (secondary N) is 2. The average Bonchev–Trinajstić information content (AvgIpc) is 3.28. The van der Waals surface area contributed by atoms with Crippen molar-refractivity contribution in [2.45, 2.75) is 63.5 Å². The zero-order chi connectivity index (χ0) is 24.1. The van der Waals surface area contributed by atoms with E-state index in [9.17, 15) is 14.4 Å². The number of fused-ring (bicyclic) bond motifs is 1. The second kappa shape index (κ2) is 10.4. The van der Waals surface area contributed by atoms with Gasteiger partial charge in [-0.1, -0.05) is 68.5 Å². The van der Waals surface area contributed by atoms with Gasteiger partial charge in [0.05, 0.1) is 16.6 Å². The molecule has 4 rings (SSSR count). The third kappa shape index (κ3) is 4.99. The number of halogens is 1. The van der Waals surface area contributed by atoms with Crippen LogP contribution in [0.3, 0.4) is 0 Å². The average molecular weight is 482 g/mol. The van der Waals surface area contributed by atoms with Crippen molar-refractivity contribution in [3.8, 4) is 0 Å². The summed E-state index contributed by atoms with van der Waals surface area (Å²) in [6, 6.07) is 13.1. The van der Waals surface area contributed by atoms with E-state index in [-0.39, 0.29) is 17.6 Å². The number of carbonyl (C=O) groups excluding carboxylic acids is 3. The predicted molar refractivity (Wildman–Crippen MR) is 130 cm³/mol. The summed E-state index contributed by atoms with van der Waals surface area (Å²) >= 11 is 6.21. The van der Waals surface area contributed by atoms with Crippen molar-refractivity contribution in [1.29, 1.82) is 0 Å². The summed E-state index contributed by atoms with van der Waals surface area (Å²) in [4.78, 5) is 44.2. The molecular formula is C26H28ClN3O4. The van der Waals surface area contributed by atoms with Gasteiger partial charge in [0.1, 0.15) is 11.1 Å². The van der Waals surface area contributed by atoms with Crippen molar-refractivity contribution < 1.29 is 18.8 Å². The van der Waals surface area contributed by atoms with Gasteiger partial charge in [-0.15, -0.1) is 0 Å². The van der Waals surface area contributed by atoms with Gasteiger partial charge in [-0.2, -0.15) is 0 Å². The molecule has 1 aromatic heterocycles.